The zero-order valence-corrected chi connectivity index (χ0v) is 19.6. The minimum absolute atomic E-state index is 0.123. The van der Waals surface area contributed by atoms with Gasteiger partial charge >= 0.3 is 0 Å². The van der Waals surface area contributed by atoms with Crippen molar-refractivity contribution in [3.05, 3.63) is 58.2 Å². The second-order valence-corrected chi connectivity index (χ2v) is 9.26. The Morgan fingerprint density at radius 3 is 2.37 bits per heavy atom. The summed E-state index contributed by atoms with van der Waals surface area (Å²) in [6.07, 6.45) is 7.57. The summed E-state index contributed by atoms with van der Waals surface area (Å²) in [7, 11) is 2.87. The van der Waals surface area contributed by atoms with Gasteiger partial charge in [-0.05, 0) is 49.5 Å². The Hall–Kier alpha value is -3.94. The molecule has 1 fully saturated rings. The van der Waals surface area contributed by atoms with Crippen molar-refractivity contribution in [2.45, 2.75) is 19.8 Å². The summed E-state index contributed by atoms with van der Waals surface area (Å²) in [6.45, 7) is 1.63. The Morgan fingerprint density at radius 1 is 1.03 bits per heavy atom. The van der Waals surface area contributed by atoms with E-state index in [0.29, 0.717) is 28.7 Å². The Labute approximate surface area is 202 Å². The fourth-order valence-electron chi connectivity index (χ4n) is 5.77. The molecule has 1 aliphatic heterocycles. The number of amides is 2. The van der Waals surface area contributed by atoms with Crippen LogP contribution in [0.2, 0.25) is 0 Å². The van der Waals surface area contributed by atoms with Crippen molar-refractivity contribution in [2.75, 3.05) is 14.2 Å². The zero-order chi connectivity index (χ0) is 25.0. The van der Waals surface area contributed by atoms with Crippen molar-refractivity contribution in [1.29, 1.82) is 0 Å². The van der Waals surface area contributed by atoms with E-state index in [0.717, 1.165) is 5.57 Å². The summed E-state index contributed by atoms with van der Waals surface area (Å²) in [5, 5.41) is 12.7. The molecule has 1 saturated heterocycles. The van der Waals surface area contributed by atoms with E-state index in [4.69, 9.17) is 9.47 Å². The number of allylic oxidation sites excluding steroid dienone is 7. The van der Waals surface area contributed by atoms with Gasteiger partial charge < -0.3 is 14.6 Å². The molecule has 2 amide bonds. The molecule has 0 aromatic heterocycles. The predicted molar refractivity (Wildman–Crippen MR) is 125 cm³/mol. The van der Waals surface area contributed by atoms with E-state index in [1.807, 2.05) is 12.2 Å². The first-order valence-electron chi connectivity index (χ1n) is 11.4. The van der Waals surface area contributed by atoms with E-state index in [-0.39, 0.29) is 53.0 Å². The van der Waals surface area contributed by atoms with Crippen LogP contribution in [0.3, 0.4) is 0 Å². The van der Waals surface area contributed by atoms with Crippen LogP contribution in [0.25, 0.3) is 6.08 Å². The third-order valence-electron chi connectivity index (χ3n) is 7.44. The predicted octanol–water partition coefficient (Wildman–Crippen LogP) is 2.67. The number of ether oxygens (including phenoxy) is 2. The van der Waals surface area contributed by atoms with Gasteiger partial charge in [0.2, 0.25) is 17.6 Å². The summed E-state index contributed by atoms with van der Waals surface area (Å²) in [5.74, 6) is -2.58. The minimum atomic E-state index is -0.559. The third-order valence-corrected chi connectivity index (χ3v) is 7.44. The summed E-state index contributed by atoms with van der Waals surface area (Å²) in [5.41, 5.74) is 2.74. The van der Waals surface area contributed by atoms with Crippen molar-refractivity contribution in [3.8, 4) is 17.2 Å². The van der Waals surface area contributed by atoms with Gasteiger partial charge in [0.15, 0.2) is 23.1 Å². The van der Waals surface area contributed by atoms with Crippen LogP contribution in [0.15, 0.2) is 52.7 Å². The molecule has 0 unspecified atom stereocenters. The number of phenols is 1. The van der Waals surface area contributed by atoms with Crippen LogP contribution >= 0.6 is 0 Å². The number of nitrogens with one attached hydrogen (secondary N) is 1. The molecule has 0 spiro atoms. The van der Waals surface area contributed by atoms with Gasteiger partial charge in [-0.25, -0.2) is 0 Å². The highest BCUT2D eigenvalue weighted by molar-refractivity contribution is 6.23. The van der Waals surface area contributed by atoms with Gasteiger partial charge in [0.25, 0.3) is 0 Å². The van der Waals surface area contributed by atoms with E-state index in [2.05, 4.69) is 5.32 Å². The van der Waals surface area contributed by atoms with Crippen LogP contribution in [0, 0.1) is 23.7 Å². The second kappa shape index (κ2) is 8.37. The van der Waals surface area contributed by atoms with Gasteiger partial charge in [-0.3, -0.25) is 24.5 Å². The number of Topliss-reactive ketones (excluding diaryl/α,β-unsaturated/α-hetero) is 1. The average molecular weight is 475 g/mol. The third kappa shape index (κ3) is 3.51. The Balaban J connectivity index is 1.62. The lowest BCUT2D eigenvalue weighted by atomic mass is 9.60. The number of rotatable bonds is 4. The summed E-state index contributed by atoms with van der Waals surface area (Å²) in [4.78, 5) is 51.2. The fraction of sp³-hybridized carbons (Fsp3) is 0.333. The zero-order valence-electron chi connectivity index (χ0n) is 19.6. The van der Waals surface area contributed by atoms with Gasteiger partial charge in [0.05, 0.1) is 26.1 Å². The number of imide groups is 1. The summed E-state index contributed by atoms with van der Waals surface area (Å²) < 4.78 is 10.5. The first-order valence-corrected chi connectivity index (χ1v) is 11.4. The summed E-state index contributed by atoms with van der Waals surface area (Å²) in [6, 6.07) is 3.27. The minimum Gasteiger partial charge on any atom is -0.502 e. The lowest BCUT2D eigenvalue weighted by Gasteiger charge is -2.41. The van der Waals surface area contributed by atoms with Gasteiger partial charge in [0.1, 0.15) is 0 Å². The lowest BCUT2D eigenvalue weighted by molar-refractivity contribution is -0.126. The van der Waals surface area contributed by atoms with Crippen molar-refractivity contribution in [3.63, 3.8) is 0 Å². The number of hydrogen-bond donors (Lipinski definition) is 2. The normalized spacial score (nSPS) is 27.7. The second-order valence-electron chi connectivity index (χ2n) is 9.26. The number of carbonyl (C=O) groups is 4. The molecule has 1 heterocycles. The number of hydrogen-bond acceptors (Lipinski definition) is 7. The number of carbonyl (C=O) groups excluding carboxylic acids is 4. The van der Waals surface area contributed by atoms with Crippen LogP contribution in [0.1, 0.15) is 25.3 Å². The van der Waals surface area contributed by atoms with Gasteiger partial charge in [-0.15, -0.1) is 0 Å². The molecule has 4 atom stereocenters. The quantitative estimate of drug-likeness (QED) is 0.390. The smallest absolute Gasteiger partial charge is 0.231 e. The Kier molecular flexibility index (Phi) is 5.46. The maximum absolute atomic E-state index is 13.2. The molecule has 4 aliphatic rings. The number of benzene rings is 1. The molecule has 8 heteroatoms. The van der Waals surface area contributed by atoms with Crippen molar-refractivity contribution >= 4 is 29.5 Å². The molecule has 180 valence electrons. The molecular formula is C27H25NO7. The molecule has 5 rings (SSSR count). The fourth-order valence-corrected chi connectivity index (χ4v) is 5.77. The SMILES string of the molecule is COc1cc(C=C[C@H]2C3=CC[C@@H]4C(=O)NC(=O)[C@@H]4[C@@H]3CC3=C2C(=O)C(C)=CC3=O)cc(OC)c1O. The van der Waals surface area contributed by atoms with Crippen LogP contribution in [0.4, 0.5) is 0 Å². The number of aromatic hydroxyl groups is 1. The lowest BCUT2D eigenvalue weighted by Crippen LogP contribution is -2.39. The van der Waals surface area contributed by atoms with E-state index in [9.17, 15) is 24.3 Å². The average Bonchev–Trinajstić information content (AvgIpc) is 3.14. The standard InChI is InChI=1S/C27H25NO7/c1-12-8-19(29)18-11-17-14(6-7-16-23(17)27(33)28-26(16)32)15(22(18)24(12)30)5-4-13-9-20(34-2)25(31)21(10-13)35-3/h4-6,8-10,15-17,23,31H,7,11H2,1-3H3,(H,28,32,33)/t15-,16-,17+,23-/m0/s1. The van der Waals surface area contributed by atoms with Crippen molar-refractivity contribution in [1.82, 2.24) is 5.32 Å². The molecular weight excluding hydrogens is 450 g/mol. The van der Waals surface area contributed by atoms with Gasteiger partial charge in [-0.1, -0.05) is 23.8 Å². The number of fused-ring (bicyclic) bond motifs is 3. The van der Waals surface area contributed by atoms with E-state index in [1.165, 1.54) is 20.3 Å². The van der Waals surface area contributed by atoms with Crippen molar-refractivity contribution in [2.24, 2.45) is 23.7 Å². The van der Waals surface area contributed by atoms with Crippen molar-refractivity contribution < 1.29 is 33.8 Å². The highest BCUT2D eigenvalue weighted by Gasteiger charge is 2.52. The monoisotopic (exact) mass is 475 g/mol. The maximum Gasteiger partial charge on any atom is 0.231 e. The topological polar surface area (TPSA) is 119 Å². The summed E-state index contributed by atoms with van der Waals surface area (Å²) >= 11 is 0. The van der Waals surface area contributed by atoms with E-state index in [1.54, 1.807) is 25.1 Å². The molecule has 1 aromatic rings. The molecule has 35 heavy (non-hydrogen) atoms. The largest absolute Gasteiger partial charge is 0.502 e. The van der Waals surface area contributed by atoms with Gasteiger partial charge in [0, 0.05) is 22.6 Å². The molecule has 0 saturated carbocycles. The Bertz CT molecular complexity index is 1290. The van der Waals surface area contributed by atoms with E-state index >= 15 is 0 Å². The molecule has 3 aliphatic carbocycles. The highest BCUT2D eigenvalue weighted by Crippen LogP contribution is 2.51. The van der Waals surface area contributed by atoms with Gasteiger partial charge in [-0.2, -0.15) is 0 Å². The molecule has 0 radical (unpaired) electrons. The van der Waals surface area contributed by atoms with Crippen LogP contribution in [-0.4, -0.2) is 42.7 Å². The van der Waals surface area contributed by atoms with Crippen LogP contribution in [0.5, 0.6) is 17.2 Å². The first kappa shape index (κ1) is 22.8. The molecule has 2 N–H and O–H groups in total. The number of phenolic OH excluding ortho intramolecular Hbond substituents is 1. The molecule has 1 aromatic carbocycles. The number of ketones is 2. The van der Waals surface area contributed by atoms with E-state index < -0.39 is 17.8 Å². The molecule has 8 nitrogen and oxygen atoms in total. The van der Waals surface area contributed by atoms with Crippen LogP contribution in [-0.2, 0) is 19.2 Å². The Morgan fingerprint density at radius 2 is 1.71 bits per heavy atom. The highest BCUT2D eigenvalue weighted by atomic mass is 16.5. The van der Waals surface area contributed by atoms with Crippen LogP contribution < -0.4 is 14.8 Å². The maximum atomic E-state index is 13.2. The molecule has 0 bridgehead atoms. The first-order chi connectivity index (χ1) is 16.7. The number of methoxy groups -OCH3 is 2.